The van der Waals surface area contributed by atoms with E-state index in [2.05, 4.69) is 0 Å². The molecule has 0 saturated carbocycles. The van der Waals surface area contributed by atoms with Crippen molar-refractivity contribution in [3.63, 3.8) is 0 Å². The van der Waals surface area contributed by atoms with Gasteiger partial charge in [-0.1, -0.05) is 12.2 Å². The monoisotopic (exact) mass is 249 g/mol. The predicted molar refractivity (Wildman–Crippen MR) is 60.8 cm³/mol. The van der Waals surface area contributed by atoms with Crippen molar-refractivity contribution in [3.8, 4) is 0 Å². The van der Waals surface area contributed by atoms with Crippen LogP contribution >= 0.6 is 11.6 Å². The van der Waals surface area contributed by atoms with Crippen LogP contribution in [0.2, 0.25) is 0 Å². The van der Waals surface area contributed by atoms with Crippen LogP contribution in [0.4, 0.5) is 9.59 Å². The minimum Gasteiger partial charge on any atom is -0.465 e. The van der Waals surface area contributed by atoms with Crippen molar-refractivity contribution in [2.24, 2.45) is 0 Å². The number of carbonyl (C=O) groups excluding carboxylic acids is 1. The topological polar surface area (TPSA) is 66.8 Å². The summed E-state index contributed by atoms with van der Waals surface area (Å²) in [6.45, 7) is 4.93. The Morgan fingerprint density at radius 1 is 1.38 bits per heavy atom. The second-order valence-electron chi connectivity index (χ2n) is 4.00. The molecule has 0 aromatic heterocycles. The van der Waals surface area contributed by atoms with Gasteiger partial charge in [0.15, 0.2) is 0 Å². The summed E-state index contributed by atoms with van der Waals surface area (Å²) in [5.41, 5.74) is -0.721. The summed E-state index contributed by atoms with van der Waals surface area (Å²) in [6, 6.07) is 0. The zero-order valence-corrected chi connectivity index (χ0v) is 10.3. The van der Waals surface area contributed by atoms with E-state index in [1.165, 1.54) is 6.08 Å². The van der Waals surface area contributed by atoms with Crippen molar-refractivity contribution in [3.05, 3.63) is 12.2 Å². The van der Waals surface area contributed by atoms with Crippen molar-refractivity contribution in [2.75, 3.05) is 12.4 Å². The van der Waals surface area contributed by atoms with Gasteiger partial charge in [-0.2, -0.15) is 0 Å². The third-order valence-electron chi connectivity index (χ3n) is 1.39. The van der Waals surface area contributed by atoms with E-state index in [0.29, 0.717) is 4.90 Å². The number of carboxylic acid groups (broad SMARTS) is 1. The first-order valence-corrected chi connectivity index (χ1v) is 5.26. The first kappa shape index (κ1) is 14.8. The molecule has 5 nitrogen and oxygen atoms in total. The van der Waals surface area contributed by atoms with Crippen molar-refractivity contribution in [1.29, 1.82) is 0 Å². The van der Waals surface area contributed by atoms with Crippen LogP contribution in [-0.4, -0.2) is 40.2 Å². The highest BCUT2D eigenvalue weighted by Gasteiger charge is 2.25. The standard InChI is InChI=1S/C10H16ClNO4/c1-10(2,3)16-9(15)12(8(13)14)7-5-4-6-11/h4-5H,6-7H2,1-3H3,(H,13,14)/b5-4+. The Kier molecular flexibility index (Phi) is 5.88. The van der Waals surface area contributed by atoms with Gasteiger partial charge in [-0.05, 0) is 20.8 Å². The summed E-state index contributed by atoms with van der Waals surface area (Å²) in [5, 5.41) is 8.80. The molecule has 0 spiro atoms. The second-order valence-corrected chi connectivity index (χ2v) is 4.31. The average molecular weight is 250 g/mol. The Balaban J connectivity index is 4.48. The van der Waals surface area contributed by atoms with Gasteiger partial charge in [-0.3, -0.25) is 0 Å². The molecule has 0 atom stereocenters. The van der Waals surface area contributed by atoms with E-state index in [0.717, 1.165) is 0 Å². The maximum atomic E-state index is 11.5. The molecule has 0 aromatic carbocycles. The fraction of sp³-hybridized carbons (Fsp3) is 0.600. The lowest BCUT2D eigenvalue weighted by Crippen LogP contribution is -2.40. The smallest absolute Gasteiger partial charge is 0.420 e. The lowest BCUT2D eigenvalue weighted by Gasteiger charge is -2.23. The van der Waals surface area contributed by atoms with Crippen LogP contribution in [0.1, 0.15) is 20.8 Å². The molecule has 0 aromatic rings. The molecule has 0 unspecified atom stereocenters. The fourth-order valence-electron chi connectivity index (χ4n) is 0.791. The van der Waals surface area contributed by atoms with Gasteiger partial charge < -0.3 is 9.84 Å². The maximum absolute atomic E-state index is 11.5. The number of hydrogen-bond donors (Lipinski definition) is 1. The molecule has 0 radical (unpaired) electrons. The Hall–Kier alpha value is -1.23. The van der Waals surface area contributed by atoms with Gasteiger partial charge in [-0.15, -0.1) is 11.6 Å². The van der Waals surface area contributed by atoms with E-state index in [9.17, 15) is 9.59 Å². The number of nitrogens with zero attached hydrogens (tertiary/aromatic N) is 1. The maximum Gasteiger partial charge on any atom is 0.420 e. The number of halogens is 1. The molecule has 92 valence electrons. The molecule has 6 heteroatoms. The molecule has 0 heterocycles. The van der Waals surface area contributed by atoms with Gasteiger partial charge in [-0.25, -0.2) is 14.5 Å². The SMILES string of the molecule is CC(C)(C)OC(=O)N(C/C=C/CCl)C(=O)O. The zero-order valence-electron chi connectivity index (χ0n) is 9.57. The van der Waals surface area contributed by atoms with E-state index in [1.807, 2.05) is 0 Å². The molecule has 1 N–H and O–H groups in total. The van der Waals surface area contributed by atoms with Crippen LogP contribution in [-0.2, 0) is 4.74 Å². The molecule has 0 rings (SSSR count). The molecule has 0 aliphatic carbocycles. The van der Waals surface area contributed by atoms with Crippen LogP contribution in [0.15, 0.2) is 12.2 Å². The number of hydrogen-bond acceptors (Lipinski definition) is 3. The molecule has 0 fully saturated rings. The zero-order chi connectivity index (χ0) is 12.8. The lowest BCUT2D eigenvalue weighted by molar-refractivity contribution is 0.0290. The average Bonchev–Trinajstić information content (AvgIpc) is 2.08. The van der Waals surface area contributed by atoms with Gasteiger partial charge in [0.1, 0.15) is 5.60 Å². The molecule has 16 heavy (non-hydrogen) atoms. The summed E-state index contributed by atoms with van der Waals surface area (Å²) >= 11 is 5.38. The minimum atomic E-state index is -1.35. The predicted octanol–water partition coefficient (Wildman–Crippen LogP) is 2.70. The quantitative estimate of drug-likeness (QED) is 0.617. The van der Waals surface area contributed by atoms with Crippen molar-refractivity contribution >= 4 is 23.8 Å². The Morgan fingerprint density at radius 2 is 1.94 bits per heavy atom. The van der Waals surface area contributed by atoms with Crippen molar-refractivity contribution in [2.45, 2.75) is 26.4 Å². The van der Waals surface area contributed by atoms with Crippen LogP contribution in [0, 0.1) is 0 Å². The largest absolute Gasteiger partial charge is 0.465 e. The van der Waals surface area contributed by atoms with E-state index >= 15 is 0 Å². The van der Waals surface area contributed by atoms with Crippen LogP contribution in [0.3, 0.4) is 0 Å². The molecule has 0 saturated heterocycles. The molecule has 0 aliphatic heterocycles. The fourth-order valence-corrected chi connectivity index (χ4v) is 0.917. The highest BCUT2D eigenvalue weighted by molar-refractivity contribution is 6.18. The van der Waals surface area contributed by atoms with Crippen molar-refractivity contribution in [1.82, 2.24) is 4.90 Å². The molecular formula is C10H16ClNO4. The lowest BCUT2D eigenvalue weighted by atomic mass is 10.2. The summed E-state index contributed by atoms with van der Waals surface area (Å²) < 4.78 is 4.93. The number of imide groups is 1. The summed E-state index contributed by atoms with van der Waals surface area (Å²) in [6.07, 6.45) is 0.806. The second kappa shape index (κ2) is 6.37. The number of allylic oxidation sites excluding steroid dienone is 1. The molecule has 0 bridgehead atoms. The summed E-state index contributed by atoms with van der Waals surface area (Å²) in [4.78, 5) is 22.8. The van der Waals surface area contributed by atoms with Gasteiger partial charge in [0.05, 0.1) is 6.54 Å². The summed E-state index contributed by atoms with van der Waals surface area (Å²) in [5.74, 6) is 0.266. The van der Waals surface area contributed by atoms with E-state index in [-0.39, 0.29) is 12.4 Å². The first-order chi connectivity index (χ1) is 7.28. The van der Waals surface area contributed by atoms with Gasteiger partial charge in [0.2, 0.25) is 0 Å². The van der Waals surface area contributed by atoms with Gasteiger partial charge in [0, 0.05) is 5.88 Å². The van der Waals surface area contributed by atoms with Gasteiger partial charge in [0.25, 0.3) is 0 Å². The highest BCUT2D eigenvalue weighted by Crippen LogP contribution is 2.10. The number of carbonyl (C=O) groups is 2. The van der Waals surface area contributed by atoms with E-state index in [4.69, 9.17) is 21.4 Å². The van der Waals surface area contributed by atoms with Crippen molar-refractivity contribution < 1.29 is 19.4 Å². The van der Waals surface area contributed by atoms with E-state index < -0.39 is 17.8 Å². The molecular weight excluding hydrogens is 234 g/mol. The summed E-state index contributed by atoms with van der Waals surface area (Å²) in [7, 11) is 0. The van der Waals surface area contributed by atoms with E-state index in [1.54, 1.807) is 26.8 Å². The Morgan fingerprint density at radius 3 is 2.31 bits per heavy atom. The van der Waals surface area contributed by atoms with Crippen LogP contribution in [0.5, 0.6) is 0 Å². The van der Waals surface area contributed by atoms with Crippen LogP contribution < -0.4 is 0 Å². The molecule has 2 amide bonds. The number of rotatable bonds is 3. The Bertz CT molecular complexity index is 283. The third kappa shape index (κ3) is 6.29. The van der Waals surface area contributed by atoms with Crippen LogP contribution in [0.25, 0.3) is 0 Å². The third-order valence-corrected chi connectivity index (χ3v) is 1.57. The van der Waals surface area contributed by atoms with Gasteiger partial charge >= 0.3 is 12.2 Å². The Labute approximate surface area is 99.6 Å². The number of amides is 2. The number of alkyl halides is 1. The highest BCUT2D eigenvalue weighted by atomic mass is 35.5. The first-order valence-electron chi connectivity index (χ1n) is 4.72. The number of ether oxygens (including phenoxy) is 1. The molecule has 0 aliphatic rings. The minimum absolute atomic E-state index is 0.0725. The normalized spacial score (nSPS) is 11.5.